The topological polar surface area (TPSA) is 68.8 Å². The van der Waals surface area contributed by atoms with Gasteiger partial charge in [0.15, 0.2) is 5.96 Å². The molecule has 0 aromatic carbocycles. The van der Waals surface area contributed by atoms with Crippen LogP contribution >= 0.6 is 0 Å². The van der Waals surface area contributed by atoms with E-state index in [0.29, 0.717) is 38.4 Å². The SMILES string of the molecule is CCC(C)NC(=O)CCNC(=NC)NC1CCN(CC(F)(F)F)C1. The van der Waals surface area contributed by atoms with E-state index in [1.165, 1.54) is 4.90 Å². The lowest BCUT2D eigenvalue weighted by Crippen LogP contribution is -2.46. The summed E-state index contributed by atoms with van der Waals surface area (Å²) in [5, 5.41) is 8.99. The number of carbonyl (C=O) groups is 1. The molecule has 1 fully saturated rings. The first-order valence-electron chi connectivity index (χ1n) is 8.29. The fourth-order valence-electron chi connectivity index (χ4n) is 2.48. The van der Waals surface area contributed by atoms with Gasteiger partial charge in [-0.15, -0.1) is 0 Å². The molecule has 0 bridgehead atoms. The number of alkyl halides is 3. The molecule has 1 amide bonds. The van der Waals surface area contributed by atoms with Crippen LogP contribution in [0.25, 0.3) is 0 Å². The Hall–Kier alpha value is -1.51. The number of halogens is 3. The zero-order valence-corrected chi connectivity index (χ0v) is 14.5. The molecule has 1 aliphatic rings. The summed E-state index contributed by atoms with van der Waals surface area (Å²) in [5.41, 5.74) is 0. The molecule has 1 aliphatic heterocycles. The van der Waals surface area contributed by atoms with Crippen molar-refractivity contribution in [2.24, 2.45) is 4.99 Å². The fourth-order valence-corrected chi connectivity index (χ4v) is 2.48. The second-order valence-corrected chi connectivity index (χ2v) is 6.11. The number of nitrogens with one attached hydrogen (secondary N) is 3. The number of likely N-dealkylation sites (tertiary alicyclic amines) is 1. The zero-order valence-electron chi connectivity index (χ0n) is 14.5. The predicted molar refractivity (Wildman–Crippen MR) is 87.9 cm³/mol. The highest BCUT2D eigenvalue weighted by Gasteiger charge is 2.34. The van der Waals surface area contributed by atoms with Gasteiger partial charge in [-0.05, 0) is 19.8 Å². The normalized spacial score (nSPS) is 20.8. The molecular formula is C15H28F3N5O. The molecule has 0 saturated carbocycles. The molecule has 0 aliphatic carbocycles. The summed E-state index contributed by atoms with van der Waals surface area (Å²) < 4.78 is 37.2. The Morgan fingerprint density at radius 3 is 2.71 bits per heavy atom. The molecular weight excluding hydrogens is 323 g/mol. The van der Waals surface area contributed by atoms with Crippen LogP contribution in [0.1, 0.15) is 33.1 Å². The van der Waals surface area contributed by atoms with Crippen molar-refractivity contribution in [3.8, 4) is 0 Å². The first kappa shape index (κ1) is 20.5. The highest BCUT2D eigenvalue weighted by Crippen LogP contribution is 2.19. The molecule has 1 rings (SSSR count). The largest absolute Gasteiger partial charge is 0.401 e. The molecule has 3 N–H and O–H groups in total. The van der Waals surface area contributed by atoms with Crippen molar-refractivity contribution in [1.29, 1.82) is 0 Å². The quantitative estimate of drug-likeness (QED) is 0.475. The molecule has 9 heteroatoms. The van der Waals surface area contributed by atoms with Gasteiger partial charge in [-0.25, -0.2) is 0 Å². The van der Waals surface area contributed by atoms with Crippen molar-refractivity contribution in [2.75, 3.05) is 33.2 Å². The van der Waals surface area contributed by atoms with Crippen LogP contribution in [0, 0.1) is 0 Å². The Labute approximate surface area is 141 Å². The number of nitrogens with zero attached hydrogens (tertiary/aromatic N) is 2. The number of aliphatic imine (C=N–C) groups is 1. The van der Waals surface area contributed by atoms with E-state index in [1.54, 1.807) is 7.05 Å². The number of amides is 1. The van der Waals surface area contributed by atoms with Gasteiger partial charge in [-0.2, -0.15) is 13.2 Å². The van der Waals surface area contributed by atoms with Gasteiger partial charge >= 0.3 is 6.18 Å². The predicted octanol–water partition coefficient (Wildman–Crippen LogP) is 1.09. The third kappa shape index (κ3) is 8.37. The molecule has 0 aromatic heterocycles. The van der Waals surface area contributed by atoms with E-state index in [0.717, 1.165) is 6.42 Å². The first-order chi connectivity index (χ1) is 11.2. The lowest BCUT2D eigenvalue weighted by molar-refractivity contribution is -0.143. The van der Waals surface area contributed by atoms with Crippen LogP contribution < -0.4 is 16.0 Å². The van der Waals surface area contributed by atoms with Crippen molar-refractivity contribution < 1.29 is 18.0 Å². The number of carbonyl (C=O) groups excluding carboxylic acids is 1. The Kier molecular flexibility index (Phi) is 8.30. The molecule has 1 saturated heterocycles. The van der Waals surface area contributed by atoms with Crippen LogP contribution in [-0.2, 0) is 4.79 Å². The molecule has 0 aromatic rings. The Balaban J connectivity index is 2.27. The maximum absolute atomic E-state index is 12.4. The van der Waals surface area contributed by atoms with Crippen LogP contribution in [0.3, 0.4) is 0 Å². The molecule has 2 atom stereocenters. The van der Waals surface area contributed by atoms with Gasteiger partial charge in [0.2, 0.25) is 5.91 Å². The minimum absolute atomic E-state index is 0.0375. The Morgan fingerprint density at radius 1 is 1.42 bits per heavy atom. The fraction of sp³-hybridized carbons (Fsp3) is 0.867. The van der Waals surface area contributed by atoms with Crippen LogP contribution in [0.5, 0.6) is 0 Å². The highest BCUT2D eigenvalue weighted by molar-refractivity contribution is 5.81. The van der Waals surface area contributed by atoms with Gasteiger partial charge in [-0.3, -0.25) is 14.7 Å². The molecule has 2 unspecified atom stereocenters. The molecule has 24 heavy (non-hydrogen) atoms. The summed E-state index contributed by atoms with van der Waals surface area (Å²) in [6.45, 7) is 4.21. The van der Waals surface area contributed by atoms with Crippen LogP contribution in [0.15, 0.2) is 4.99 Å². The van der Waals surface area contributed by atoms with Crippen molar-refractivity contribution >= 4 is 11.9 Å². The van der Waals surface area contributed by atoms with Crippen molar-refractivity contribution in [2.45, 2.75) is 51.4 Å². The van der Waals surface area contributed by atoms with Gasteiger partial charge < -0.3 is 16.0 Å². The highest BCUT2D eigenvalue weighted by atomic mass is 19.4. The Morgan fingerprint density at radius 2 is 2.12 bits per heavy atom. The standard InChI is InChI=1S/C15H28F3N5O/c1-4-11(2)21-13(24)5-7-20-14(19-3)22-12-6-8-23(9-12)10-15(16,17)18/h11-12H,4-10H2,1-3H3,(H,21,24)(H2,19,20,22). The maximum atomic E-state index is 12.4. The van der Waals surface area contributed by atoms with E-state index >= 15 is 0 Å². The smallest absolute Gasteiger partial charge is 0.356 e. The second kappa shape index (κ2) is 9.71. The number of guanidine groups is 1. The van der Waals surface area contributed by atoms with Gasteiger partial charge in [0.05, 0.1) is 6.54 Å². The molecule has 140 valence electrons. The lowest BCUT2D eigenvalue weighted by atomic mass is 10.2. The minimum atomic E-state index is -4.17. The minimum Gasteiger partial charge on any atom is -0.356 e. The molecule has 0 spiro atoms. The third-order valence-corrected chi connectivity index (χ3v) is 3.90. The summed E-state index contributed by atoms with van der Waals surface area (Å²) in [5.74, 6) is 0.467. The summed E-state index contributed by atoms with van der Waals surface area (Å²) in [6, 6.07) is 0.0699. The summed E-state index contributed by atoms with van der Waals surface area (Å²) in [6.07, 6.45) is -2.35. The van der Waals surface area contributed by atoms with E-state index in [-0.39, 0.29) is 18.0 Å². The second-order valence-electron chi connectivity index (χ2n) is 6.11. The zero-order chi connectivity index (χ0) is 18.2. The van der Waals surface area contributed by atoms with Gasteiger partial charge in [0, 0.05) is 45.2 Å². The average Bonchev–Trinajstić information content (AvgIpc) is 2.90. The number of hydrogen-bond acceptors (Lipinski definition) is 3. The molecule has 6 nitrogen and oxygen atoms in total. The average molecular weight is 351 g/mol. The van der Waals surface area contributed by atoms with E-state index < -0.39 is 12.7 Å². The lowest BCUT2D eigenvalue weighted by Gasteiger charge is -2.20. The van der Waals surface area contributed by atoms with Crippen molar-refractivity contribution in [3.63, 3.8) is 0 Å². The number of hydrogen-bond donors (Lipinski definition) is 3. The first-order valence-corrected chi connectivity index (χ1v) is 8.29. The maximum Gasteiger partial charge on any atom is 0.401 e. The van der Waals surface area contributed by atoms with Crippen LogP contribution in [0.2, 0.25) is 0 Å². The summed E-state index contributed by atoms with van der Waals surface area (Å²) in [4.78, 5) is 17.1. The van der Waals surface area contributed by atoms with Crippen molar-refractivity contribution in [3.05, 3.63) is 0 Å². The van der Waals surface area contributed by atoms with Gasteiger partial charge in [0.25, 0.3) is 0 Å². The third-order valence-electron chi connectivity index (χ3n) is 3.90. The molecule has 1 heterocycles. The van der Waals surface area contributed by atoms with Gasteiger partial charge in [0.1, 0.15) is 0 Å². The van der Waals surface area contributed by atoms with E-state index in [2.05, 4.69) is 20.9 Å². The summed E-state index contributed by atoms with van der Waals surface area (Å²) in [7, 11) is 1.59. The van der Waals surface area contributed by atoms with Gasteiger partial charge in [-0.1, -0.05) is 6.92 Å². The van der Waals surface area contributed by atoms with Crippen LogP contribution in [-0.4, -0.2) is 68.3 Å². The van der Waals surface area contributed by atoms with E-state index in [4.69, 9.17) is 0 Å². The summed E-state index contributed by atoms with van der Waals surface area (Å²) >= 11 is 0. The molecule has 0 radical (unpaired) electrons. The van der Waals surface area contributed by atoms with Crippen molar-refractivity contribution in [1.82, 2.24) is 20.9 Å². The van der Waals surface area contributed by atoms with E-state index in [1.807, 2.05) is 13.8 Å². The number of rotatable bonds is 7. The van der Waals surface area contributed by atoms with E-state index in [9.17, 15) is 18.0 Å². The Bertz CT molecular complexity index is 428. The van der Waals surface area contributed by atoms with Crippen LogP contribution in [0.4, 0.5) is 13.2 Å². The monoisotopic (exact) mass is 351 g/mol.